The van der Waals surface area contributed by atoms with Gasteiger partial charge in [-0.15, -0.1) is 0 Å². The second kappa shape index (κ2) is 12.6. The first-order valence-corrected chi connectivity index (χ1v) is 13.9. The third-order valence-corrected chi connectivity index (χ3v) is 7.69. The number of nitrogens with zero attached hydrogens (tertiary/aromatic N) is 2. The predicted molar refractivity (Wildman–Crippen MR) is 153 cm³/mol. The van der Waals surface area contributed by atoms with E-state index in [4.69, 9.17) is 4.98 Å². The highest BCUT2D eigenvalue weighted by atomic mass is 16.4. The van der Waals surface area contributed by atoms with E-state index in [-0.39, 0.29) is 18.2 Å². The van der Waals surface area contributed by atoms with Crippen LogP contribution in [0.15, 0.2) is 79.0 Å². The molecule has 7 heteroatoms. The highest BCUT2D eigenvalue weighted by Crippen LogP contribution is 2.29. The molecule has 2 heterocycles. The average Bonchev–Trinajstić information content (AvgIpc) is 3.33. The van der Waals surface area contributed by atoms with Crippen molar-refractivity contribution < 1.29 is 14.7 Å². The highest BCUT2D eigenvalue weighted by molar-refractivity contribution is 6.00. The summed E-state index contributed by atoms with van der Waals surface area (Å²) >= 11 is 0. The van der Waals surface area contributed by atoms with Crippen LogP contribution in [0.2, 0.25) is 0 Å². The minimum Gasteiger partial charge on any atom is -0.481 e. The van der Waals surface area contributed by atoms with Gasteiger partial charge in [0, 0.05) is 18.8 Å². The summed E-state index contributed by atoms with van der Waals surface area (Å²) in [6.45, 7) is 0.631. The second-order valence-corrected chi connectivity index (χ2v) is 10.4. The van der Waals surface area contributed by atoms with Gasteiger partial charge in [-0.25, -0.2) is 4.98 Å². The van der Waals surface area contributed by atoms with E-state index >= 15 is 0 Å². The van der Waals surface area contributed by atoms with Crippen molar-refractivity contribution in [2.24, 2.45) is 5.92 Å². The van der Waals surface area contributed by atoms with Crippen molar-refractivity contribution in [2.45, 2.75) is 64.0 Å². The Labute approximate surface area is 229 Å². The summed E-state index contributed by atoms with van der Waals surface area (Å²) < 4.78 is 1.95. The minimum atomic E-state index is -0.888. The van der Waals surface area contributed by atoms with E-state index in [9.17, 15) is 14.7 Å². The molecule has 0 aliphatic heterocycles. The monoisotopic (exact) mass is 524 g/mol. The fraction of sp³-hybridized carbons (Fsp3) is 0.344. The summed E-state index contributed by atoms with van der Waals surface area (Å²) in [6, 6.07) is 23.7. The van der Waals surface area contributed by atoms with E-state index in [0.29, 0.717) is 24.2 Å². The molecule has 2 aromatic carbocycles. The number of hydrogen-bond acceptors (Lipinski definition) is 4. The first kappa shape index (κ1) is 26.5. The maximum absolute atomic E-state index is 13.6. The lowest BCUT2D eigenvalue weighted by atomic mass is 9.82. The Morgan fingerprint density at radius 1 is 0.897 bits per heavy atom. The molecule has 1 fully saturated rings. The number of benzene rings is 2. The minimum absolute atomic E-state index is 0.0693. The average molecular weight is 525 g/mol. The third kappa shape index (κ3) is 6.66. The molecular weight excluding hydrogens is 488 g/mol. The van der Waals surface area contributed by atoms with Crippen molar-refractivity contribution >= 4 is 23.3 Å². The van der Waals surface area contributed by atoms with Crippen LogP contribution >= 0.6 is 0 Å². The normalized spacial score (nSPS) is 14.7. The van der Waals surface area contributed by atoms with Crippen LogP contribution in [0.1, 0.15) is 65.7 Å². The number of pyridine rings is 1. The molecule has 0 spiro atoms. The molecule has 2 aromatic heterocycles. The number of aromatic nitrogens is 2. The number of anilines is 1. The first-order chi connectivity index (χ1) is 19.1. The van der Waals surface area contributed by atoms with Crippen molar-refractivity contribution in [1.82, 2.24) is 14.7 Å². The molecule has 202 valence electrons. The maximum Gasteiger partial charge on any atom is 0.305 e. The molecule has 1 aliphatic rings. The number of carboxylic acids is 1. The van der Waals surface area contributed by atoms with Crippen molar-refractivity contribution in [3.8, 4) is 0 Å². The molecule has 1 saturated carbocycles. The summed E-state index contributed by atoms with van der Waals surface area (Å²) in [5, 5.41) is 16.2. The van der Waals surface area contributed by atoms with Crippen LogP contribution in [0, 0.1) is 5.92 Å². The Morgan fingerprint density at radius 3 is 2.28 bits per heavy atom. The molecule has 1 atom stereocenters. The standard InChI is InChI=1S/C32H36N4O3/c37-29(38)21-28(25-15-8-3-9-16-25)35-32(39)26-17-10-20-36-30(26)34-27(19-18-23-11-4-1-5-12-23)31(36)33-22-24-13-6-2-7-14-24/h1-2,4-7,10-14,17,20,25,28,33H,3,8-9,15-16,18-19,21-22H2,(H,35,39)(H,37,38). The molecule has 0 radical (unpaired) electrons. The molecule has 1 unspecified atom stereocenters. The molecular formula is C32H36N4O3. The number of aliphatic carboxylic acids is 1. The molecule has 4 aromatic rings. The van der Waals surface area contributed by atoms with Gasteiger partial charge in [-0.3, -0.25) is 14.0 Å². The molecule has 1 aliphatic carbocycles. The van der Waals surface area contributed by atoms with E-state index < -0.39 is 12.0 Å². The summed E-state index contributed by atoms with van der Waals surface area (Å²) in [7, 11) is 0. The van der Waals surface area contributed by atoms with Crippen LogP contribution in [0.25, 0.3) is 5.65 Å². The molecule has 5 rings (SSSR count). The lowest BCUT2D eigenvalue weighted by Crippen LogP contribution is -2.42. The number of nitrogens with one attached hydrogen (secondary N) is 2. The predicted octanol–water partition coefficient (Wildman–Crippen LogP) is 5.89. The summed E-state index contributed by atoms with van der Waals surface area (Å²) in [5.74, 6) is -0.108. The van der Waals surface area contributed by atoms with E-state index in [2.05, 4.69) is 34.9 Å². The van der Waals surface area contributed by atoms with Crippen LogP contribution in [0.5, 0.6) is 0 Å². The number of carbonyl (C=O) groups is 2. The summed E-state index contributed by atoms with van der Waals surface area (Å²) in [5.41, 5.74) is 4.30. The van der Waals surface area contributed by atoms with E-state index in [1.807, 2.05) is 53.1 Å². The SMILES string of the molecule is O=C(O)CC(NC(=O)c1cccn2c(NCc3ccccc3)c(CCc3ccccc3)nc12)C1CCCCC1. The maximum atomic E-state index is 13.6. The van der Waals surface area contributed by atoms with Gasteiger partial charge in [0.2, 0.25) is 0 Å². The Hall–Kier alpha value is -4.13. The van der Waals surface area contributed by atoms with Gasteiger partial charge in [0.25, 0.3) is 5.91 Å². The number of imidazole rings is 1. The van der Waals surface area contributed by atoms with Gasteiger partial charge in [0.15, 0.2) is 5.65 Å². The number of rotatable bonds is 11. The van der Waals surface area contributed by atoms with Crippen molar-refractivity contribution in [3.05, 3.63) is 101 Å². The van der Waals surface area contributed by atoms with Gasteiger partial charge < -0.3 is 15.7 Å². The fourth-order valence-corrected chi connectivity index (χ4v) is 5.65. The molecule has 3 N–H and O–H groups in total. The Kier molecular flexibility index (Phi) is 8.56. The number of amides is 1. The molecule has 1 amide bonds. The van der Waals surface area contributed by atoms with Crippen molar-refractivity contribution in [1.29, 1.82) is 0 Å². The second-order valence-electron chi connectivity index (χ2n) is 10.4. The van der Waals surface area contributed by atoms with Crippen LogP contribution in [-0.2, 0) is 24.2 Å². The molecule has 7 nitrogen and oxygen atoms in total. The Morgan fingerprint density at radius 2 is 1.59 bits per heavy atom. The van der Waals surface area contributed by atoms with Gasteiger partial charge in [-0.2, -0.15) is 0 Å². The topological polar surface area (TPSA) is 95.7 Å². The quantitative estimate of drug-likeness (QED) is 0.228. The van der Waals surface area contributed by atoms with Gasteiger partial charge in [0.1, 0.15) is 5.82 Å². The first-order valence-electron chi connectivity index (χ1n) is 13.9. The summed E-state index contributed by atoms with van der Waals surface area (Å²) in [4.78, 5) is 30.2. The van der Waals surface area contributed by atoms with Crippen LogP contribution in [0.4, 0.5) is 5.82 Å². The number of fused-ring (bicyclic) bond motifs is 1. The lowest BCUT2D eigenvalue weighted by Gasteiger charge is -2.30. The zero-order valence-electron chi connectivity index (χ0n) is 22.2. The van der Waals surface area contributed by atoms with Gasteiger partial charge in [0.05, 0.1) is 17.7 Å². The Balaban J connectivity index is 1.44. The van der Waals surface area contributed by atoms with Crippen molar-refractivity contribution in [3.63, 3.8) is 0 Å². The van der Waals surface area contributed by atoms with Gasteiger partial charge in [-0.1, -0.05) is 79.9 Å². The van der Waals surface area contributed by atoms with Gasteiger partial charge in [-0.05, 0) is 54.9 Å². The number of carboxylic acid groups (broad SMARTS) is 1. The van der Waals surface area contributed by atoms with Crippen LogP contribution in [-0.4, -0.2) is 32.4 Å². The zero-order chi connectivity index (χ0) is 27.0. The van der Waals surface area contributed by atoms with Crippen LogP contribution in [0.3, 0.4) is 0 Å². The molecule has 0 bridgehead atoms. The lowest BCUT2D eigenvalue weighted by molar-refractivity contribution is -0.137. The van der Waals surface area contributed by atoms with Crippen molar-refractivity contribution in [2.75, 3.05) is 5.32 Å². The third-order valence-electron chi connectivity index (χ3n) is 7.69. The van der Waals surface area contributed by atoms with Gasteiger partial charge >= 0.3 is 5.97 Å². The zero-order valence-corrected chi connectivity index (χ0v) is 22.2. The highest BCUT2D eigenvalue weighted by Gasteiger charge is 2.28. The van der Waals surface area contributed by atoms with Crippen LogP contribution < -0.4 is 10.6 Å². The Bertz CT molecular complexity index is 1400. The number of hydrogen-bond donors (Lipinski definition) is 3. The van der Waals surface area contributed by atoms with E-state index in [0.717, 1.165) is 49.2 Å². The number of aryl methyl sites for hydroxylation is 2. The molecule has 39 heavy (non-hydrogen) atoms. The largest absolute Gasteiger partial charge is 0.481 e. The summed E-state index contributed by atoms with van der Waals surface area (Å²) in [6.07, 6.45) is 8.62. The number of carbonyl (C=O) groups excluding carboxylic acids is 1. The smallest absolute Gasteiger partial charge is 0.305 e. The van der Waals surface area contributed by atoms with E-state index in [1.54, 1.807) is 6.07 Å². The van der Waals surface area contributed by atoms with E-state index in [1.165, 1.54) is 12.0 Å². The molecule has 0 saturated heterocycles. The fourth-order valence-electron chi connectivity index (χ4n) is 5.65.